The number of carbonyl (C=O) groups excluding carboxylic acids is 1. The van der Waals surface area contributed by atoms with Crippen LogP contribution in [0.1, 0.15) is 39.4 Å². The van der Waals surface area contributed by atoms with Gasteiger partial charge in [-0.3, -0.25) is 4.79 Å². The summed E-state index contributed by atoms with van der Waals surface area (Å²) in [5, 5.41) is 0. The minimum absolute atomic E-state index is 0.211. The molecular weight excluding hydrogens is 234 g/mol. The van der Waals surface area contributed by atoms with E-state index in [0.29, 0.717) is 12.3 Å². The van der Waals surface area contributed by atoms with Crippen molar-refractivity contribution in [3.05, 3.63) is 64.7 Å². The average molecular weight is 251 g/mol. The van der Waals surface area contributed by atoms with Gasteiger partial charge in [0, 0.05) is 17.7 Å². The summed E-state index contributed by atoms with van der Waals surface area (Å²) >= 11 is 0. The summed E-state index contributed by atoms with van der Waals surface area (Å²) < 4.78 is 0. The molecule has 0 radical (unpaired) electrons. The first-order chi connectivity index (χ1) is 9.15. The topological polar surface area (TPSA) is 43.1 Å². The third-order valence-corrected chi connectivity index (χ3v) is 3.98. The van der Waals surface area contributed by atoms with Gasteiger partial charge in [0.05, 0.1) is 0 Å². The molecule has 1 aliphatic rings. The van der Waals surface area contributed by atoms with E-state index in [4.69, 9.17) is 5.73 Å². The summed E-state index contributed by atoms with van der Waals surface area (Å²) in [6.07, 6.45) is 1.62. The third kappa shape index (κ3) is 2.14. The van der Waals surface area contributed by atoms with Crippen molar-refractivity contribution >= 4 is 11.5 Å². The molecule has 2 N–H and O–H groups in total. The molecule has 2 heteroatoms. The lowest BCUT2D eigenvalue weighted by Crippen LogP contribution is -2.20. The van der Waals surface area contributed by atoms with Crippen LogP contribution in [0.5, 0.6) is 0 Å². The molecule has 3 rings (SSSR count). The summed E-state index contributed by atoms with van der Waals surface area (Å²) in [6, 6.07) is 13.9. The fourth-order valence-corrected chi connectivity index (χ4v) is 2.74. The molecule has 0 fully saturated rings. The largest absolute Gasteiger partial charge is 0.399 e. The molecular formula is C17H17NO. The number of nitrogen functional groups attached to an aromatic ring is 1. The summed E-state index contributed by atoms with van der Waals surface area (Å²) in [6.45, 7) is 1.94. The Morgan fingerprint density at radius 2 is 2.05 bits per heavy atom. The molecule has 0 aliphatic heterocycles. The maximum Gasteiger partial charge on any atom is 0.163 e. The van der Waals surface area contributed by atoms with Crippen LogP contribution < -0.4 is 5.73 Å². The molecule has 0 bridgehead atoms. The molecule has 1 atom stereocenters. The van der Waals surface area contributed by atoms with Gasteiger partial charge >= 0.3 is 0 Å². The number of ketones is 1. The first-order valence-corrected chi connectivity index (χ1v) is 6.62. The summed E-state index contributed by atoms with van der Waals surface area (Å²) in [5.41, 5.74) is 11.0. The van der Waals surface area contributed by atoms with Gasteiger partial charge in [-0.1, -0.05) is 24.3 Å². The lowest BCUT2D eigenvalue weighted by molar-refractivity contribution is 0.0970. The molecule has 0 spiro atoms. The van der Waals surface area contributed by atoms with Crippen LogP contribution in [0.2, 0.25) is 0 Å². The zero-order chi connectivity index (χ0) is 13.4. The van der Waals surface area contributed by atoms with Crippen LogP contribution in [0.25, 0.3) is 0 Å². The summed E-state index contributed by atoms with van der Waals surface area (Å²) in [4.78, 5) is 12.3. The Balaban J connectivity index is 1.75. The number of hydrogen-bond donors (Lipinski definition) is 1. The van der Waals surface area contributed by atoms with Crippen LogP contribution >= 0.6 is 0 Å². The number of carbonyl (C=O) groups is 1. The fourth-order valence-electron chi connectivity index (χ4n) is 2.74. The second-order valence-electron chi connectivity index (χ2n) is 5.30. The Bertz CT molecular complexity index is 645. The number of aryl methyl sites for hydroxylation is 1. The van der Waals surface area contributed by atoms with Gasteiger partial charge in [0.1, 0.15) is 0 Å². The van der Waals surface area contributed by atoms with E-state index in [0.717, 1.165) is 23.2 Å². The van der Waals surface area contributed by atoms with Crippen LogP contribution in [0, 0.1) is 6.92 Å². The molecule has 1 unspecified atom stereocenters. The molecule has 0 saturated carbocycles. The van der Waals surface area contributed by atoms with Gasteiger partial charge in [-0.15, -0.1) is 0 Å². The predicted molar refractivity (Wildman–Crippen MR) is 77.4 cm³/mol. The first kappa shape index (κ1) is 12.0. The quantitative estimate of drug-likeness (QED) is 0.670. The zero-order valence-corrected chi connectivity index (χ0v) is 11.0. The van der Waals surface area contributed by atoms with Gasteiger partial charge < -0.3 is 5.73 Å². The van der Waals surface area contributed by atoms with Gasteiger partial charge in [0.15, 0.2) is 5.78 Å². The molecule has 0 heterocycles. The number of anilines is 1. The van der Waals surface area contributed by atoms with Crippen molar-refractivity contribution < 1.29 is 4.79 Å². The molecule has 0 aromatic heterocycles. The maximum absolute atomic E-state index is 12.3. The highest BCUT2D eigenvalue weighted by molar-refractivity contribution is 5.97. The van der Waals surface area contributed by atoms with Crippen molar-refractivity contribution in [3.8, 4) is 0 Å². The SMILES string of the molecule is Cc1cc(C(=O)CC2Cc3ccccc32)ccc1N. The van der Waals surface area contributed by atoms with Crippen molar-refractivity contribution in [2.75, 3.05) is 5.73 Å². The molecule has 1 aliphatic carbocycles. The van der Waals surface area contributed by atoms with E-state index in [1.807, 2.05) is 31.2 Å². The highest BCUT2D eigenvalue weighted by atomic mass is 16.1. The molecule has 0 saturated heterocycles. The highest BCUT2D eigenvalue weighted by Gasteiger charge is 2.27. The predicted octanol–water partition coefficient (Wildman–Crippen LogP) is 3.49. The van der Waals surface area contributed by atoms with Gasteiger partial charge in [0.2, 0.25) is 0 Å². The number of benzene rings is 2. The van der Waals surface area contributed by atoms with Crippen molar-refractivity contribution in [2.24, 2.45) is 0 Å². The van der Waals surface area contributed by atoms with Crippen LogP contribution in [-0.4, -0.2) is 5.78 Å². The lowest BCUT2D eigenvalue weighted by atomic mass is 9.74. The Labute approximate surface area is 113 Å². The molecule has 0 amide bonds. The zero-order valence-electron chi connectivity index (χ0n) is 11.0. The molecule has 2 nitrogen and oxygen atoms in total. The smallest absolute Gasteiger partial charge is 0.163 e. The fraction of sp³-hybridized carbons (Fsp3) is 0.235. The van der Waals surface area contributed by atoms with Gasteiger partial charge in [-0.05, 0) is 54.2 Å². The van der Waals surface area contributed by atoms with E-state index in [-0.39, 0.29) is 5.78 Å². The normalized spacial score (nSPS) is 16.6. The third-order valence-electron chi connectivity index (χ3n) is 3.98. The van der Waals surface area contributed by atoms with E-state index in [1.54, 1.807) is 0 Å². The second kappa shape index (κ2) is 4.54. The minimum atomic E-state index is 0.211. The Hall–Kier alpha value is -2.09. The van der Waals surface area contributed by atoms with E-state index >= 15 is 0 Å². The first-order valence-electron chi connectivity index (χ1n) is 6.62. The summed E-state index contributed by atoms with van der Waals surface area (Å²) in [7, 11) is 0. The van der Waals surface area contributed by atoms with Crippen molar-refractivity contribution in [2.45, 2.75) is 25.7 Å². The van der Waals surface area contributed by atoms with E-state index < -0.39 is 0 Å². The van der Waals surface area contributed by atoms with Gasteiger partial charge in [-0.2, -0.15) is 0 Å². The molecule has 96 valence electrons. The molecule has 2 aromatic rings. The van der Waals surface area contributed by atoms with Crippen LogP contribution in [0.3, 0.4) is 0 Å². The molecule has 2 aromatic carbocycles. The second-order valence-corrected chi connectivity index (χ2v) is 5.30. The Morgan fingerprint density at radius 1 is 1.26 bits per heavy atom. The van der Waals surface area contributed by atoms with E-state index in [1.165, 1.54) is 11.1 Å². The van der Waals surface area contributed by atoms with Crippen LogP contribution in [-0.2, 0) is 6.42 Å². The van der Waals surface area contributed by atoms with Crippen molar-refractivity contribution in [3.63, 3.8) is 0 Å². The van der Waals surface area contributed by atoms with E-state index in [9.17, 15) is 4.79 Å². The number of rotatable bonds is 3. The Morgan fingerprint density at radius 3 is 2.79 bits per heavy atom. The summed E-state index contributed by atoms with van der Waals surface area (Å²) in [5.74, 6) is 0.601. The maximum atomic E-state index is 12.3. The minimum Gasteiger partial charge on any atom is -0.399 e. The highest BCUT2D eigenvalue weighted by Crippen LogP contribution is 2.37. The lowest BCUT2D eigenvalue weighted by Gasteiger charge is -2.29. The average Bonchev–Trinajstić information content (AvgIpc) is 2.39. The monoisotopic (exact) mass is 251 g/mol. The van der Waals surface area contributed by atoms with E-state index in [2.05, 4.69) is 18.2 Å². The number of hydrogen-bond acceptors (Lipinski definition) is 2. The van der Waals surface area contributed by atoms with Crippen molar-refractivity contribution in [1.29, 1.82) is 0 Å². The standard InChI is InChI=1S/C17H17NO/c1-11-8-13(6-7-16(11)18)17(19)10-14-9-12-4-2-3-5-15(12)14/h2-8,14H,9-10,18H2,1H3. The van der Waals surface area contributed by atoms with Crippen molar-refractivity contribution in [1.82, 2.24) is 0 Å². The molecule has 19 heavy (non-hydrogen) atoms. The number of Topliss-reactive ketones (excluding diaryl/α,β-unsaturated/α-hetero) is 1. The van der Waals surface area contributed by atoms with Gasteiger partial charge in [0.25, 0.3) is 0 Å². The Kier molecular flexibility index (Phi) is 2.86. The van der Waals surface area contributed by atoms with Crippen LogP contribution in [0.15, 0.2) is 42.5 Å². The van der Waals surface area contributed by atoms with Crippen LogP contribution in [0.4, 0.5) is 5.69 Å². The number of fused-ring (bicyclic) bond motifs is 1. The van der Waals surface area contributed by atoms with Gasteiger partial charge in [-0.25, -0.2) is 0 Å². The number of nitrogens with two attached hydrogens (primary N) is 1.